The number of non-ortho nitro benzene ring substituents is 1. The van der Waals surface area contributed by atoms with Crippen molar-refractivity contribution in [1.29, 1.82) is 0 Å². The van der Waals surface area contributed by atoms with Crippen LogP contribution in [0.5, 0.6) is 0 Å². The van der Waals surface area contributed by atoms with Gasteiger partial charge in [0.15, 0.2) is 0 Å². The zero-order chi connectivity index (χ0) is 18.6. The van der Waals surface area contributed by atoms with E-state index in [1.165, 1.54) is 22.5 Å². The second-order valence-electron chi connectivity index (χ2n) is 5.94. The smallest absolute Gasteiger partial charge is 0.270 e. The van der Waals surface area contributed by atoms with Crippen LogP contribution in [0.15, 0.2) is 29.2 Å². The summed E-state index contributed by atoms with van der Waals surface area (Å²) in [5.74, 6) is -0.188. The van der Waals surface area contributed by atoms with E-state index in [9.17, 15) is 23.3 Å². The van der Waals surface area contributed by atoms with Gasteiger partial charge in [-0.15, -0.1) is 0 Å². The number of nitrogens with zero attached hydrogens (tertiary/aromatic N) is 3. The normalized spacial score (nSPS) is 17.3. The Labute approximate surface area is 146 Å². The van der Waals surface area contributed by atoms with Crippen LogP contribution in [0.3, 0.4) is 0 Å². The highest BCUT2D eigenvalue weighted by Gasteiger charge is 2.31. The summed E-state index contributed by atoms with van der Waals surface area (Å²) in [6, 6.07) is 5.00. The van der Waals surface area contributed by atoms with Crippen molar-refractivity contribution in [2.75, 3.05) is 39.8 Å². The molecular formula is C15H22N4O5S. The average Bonchev–Trinajstić information content (AvgIpc) is 2.61. The first-order valence-corrected chi connectivity index (χ1v) is 9.39. The molecule has 1 heterocycles. The van der Waals surface area contributed by atoms with E-state index in [0.717, 1.165) is 6.07 Å². The molecule has 1 saturated heterocycles. The number of nitrogens with one attached hydrogen (secondary N) is 1. The molecule has 0 aliphatic carbocycles. The maximum absolute atomic E-state index is 12.7. The van der Waals surface area contributed by atoms with Crippen LogP contribution in [0.25, 0.3) is 0 Å². The lowest BCUT2D eigenvalue weighted by Crippen LogP contribution is -2.52. The summed E-state index contributed by atoms with van der Waals surface area (Å²) in [7, 11) is -2.05. The number of piperazine rings is 1. The van der Waals surface area contributed by atoms with Gasteiger partial charge in [-0.05, 0) is 13.1 Å². The van der Waals surface area contributed by atoms with Crippen molar-refractivity contribution in [3.63, 3.8) is 0 Å². The predicted octanol–water partition coefficient (Wildman–Crippen LogP) is 0.283. The van der Waals surface area contributed by atoms with E-state index in [1.807, 2.05) is 6.92 Å². The summed E-state index contributed by atoms with van der Waals surface area (Å²) in [4.78, 5) is 24.0. The van der Waals surface area contributed by atoms with Crippen LogP contribution < -0.4 is 5.32 Å². The number of sulfonamides is 1. The molecule has 2 rings (SSSR count). The molecule has 25 heavy (non-hydrogen) atoms. The fraction of sp³-hybridized carbons (Fsp3) is 0.533. The lowest BCUT2D eigenvalue weighted by Gasteiger charge is -2.35. The lowest BCUT2D eigenvalue weighted by atomic mass is 10.1. The summed E-state index contributed by atoms with van der Waals surface area (Å²) in [5.41, 5.74) is -0.268. The van der Waals surface area contributed by atoms with Gasteiger partial charge in [0.25, 0.3) is 5.69 Å². The molecule has 0 aromatic heterocycles. The second-order valence-corrected chi connectivity index (χ2v) is 7.88. The third-order valence-electron chi connectivity index (χ3n) is 4.15. The zero-order valence-electron chi connectivity index (χ0n) is 14.2. The lowest BCUT2D eigenvalue weighted by molar-refractivity contribution is -0.385. The summed E-state index contributed by atoms with van der Waals surface area (Å²) in [5, 5.41) is 13.8. The second kappa shape index (κ2) is 7.89. The molecule has 0 spiro atoms. The highest BCUT2D eigenvalue weighted by atomic mass is 32.2. The maximum atomic E-state index is 12.7. The Hall–Kier alpha value is -2.04. The molecular weight excluding hydrogens is 348 g/mol. The summed E-state index contributed by atoms with van der Waals surface area (Å²) < 4.78 is 26.6. The number of carbonyl (C=O) groups excluding carboxylic acids is 1. The highest BCUT2D eigenvalue weighted by molar-refractivity contribution is 7.89. The molecule has 1 aliphatic heterocycles. The van der Waals surface area contributed by atoms with E-state index in [4.69, 9.17) is 0 Å². The Morgan fingerprint density at radius 3 is 2.52 bits per heavy atom. The van der Waals surface area contributed by atoms with Crippen molar-refractivity contribution in [2.24, 2.45) is 5.92 Å². The third kappa shape index (κ3) is 4.33. The number of nitro groups is 1. The molecule has 10 heteroatoms. The van der Waals surface area contributed by atoms with Gasteiger partial charge >= 0.3 is 0 Å². The van der Waals surface area contributed by atoms with E-state index in [0.29, 0.717) is 19.6 Å². The van der Waals surface area contributed by atoms with Crippen LogP contribution in [0.2, 0.25) is 0 Å². The Kier molecular flexibility index (Phi) is 6.09. The van der Waals surface area contributed by atoms with E-state index in [1.54, 1.807) is 11.9 Å². The van der Waals surface area contributed by atoms with Gasteiger partial charge in [0.1, 0.15) is 0 Å². The van der Waals surface area contributed by atoms with Gasteiger partial charge in [-0.3, -0.25) is 14.9 Å². The maximum Gasteiger partial charge on any atom is 0.270 e. The number of hydrogen-bond donors (Lipinski definition) is 1. The molecule has 0 radical (unpaired) electrons. The van der Waals surface area contributed by atoms with Crippen LogP contribution >= 0.6 is 0 Å². The quantitative estimate of drug-likeness (QED) is 0.569. The van der Waals surface area contributed by atoms with Crippen molar-refractivity contribution in [3.05, 3.63) is 34.4 Å². The zero-order valence-corrected chi connectivity index (χ0v) is 15.0. The van der Waals surface area contributed by atoms with E-state index in [-0.39, 0.29) is 35.5 Å². The van der Waals surface area contributed by atoms with Gasteiger partial charge in [-0.1, -0.05) is 13.0 Å². The number of rotatable bonds is 6. The monoisotopic (exact) mass is 370 g/mol. The van der Waals surface area contributed by atoms with Crippen molar-refractivity contribution < 1.29 is 18.1 Å². The fourth-order valence-electron chi connectivity index (χ4n) is 2.76. The van der Waals surface area contributed by atoms with E-state index < -0.39 is 14.9 Å². The highest BCUT2D eigenvalue weighted by Crippen LogP contribution is 2.22. The Bertz CT molecular complexity index is 744. The van der Waals surface area contributed by atoms with Crippen LogP contribution in [0, 0.1) is 16.0 Å². The van der Waals surface area contributed by atoms with Crippen molar-refractivity contribution >= 4 is 21.6 Å². The molecule has 0 saturated carbocycles. The molecule has 1 atom stereocenters. The van der Waals surface area contributed by atoms with Crippen LogP contribution in [0.1, 0.15) is 6.92 Å². The van der Waals surface area contributed by atoms with E-state index >= 15 is 0 Å². The Morgan fingerprint density at radius 1 is 1.32 bits per heavy atom. The SMILES string of the molecule is CNCC(C)C(=O)N1CCN(S(=O)(=O)c2cccc([N+](=O)[O-])c2)CC1. The molecule has 9 nitrogen and oxygen atoms in total. The first kappa shape index (κ1) is 19.3. The predicted molar refractivity (Wildman–Crippen MR) is 91.5 cm³/mol. The van der Waals surface area contributed by atoms with Crippen LogP contribution in [-0.2, 0) is 14.8 Å². The largest absolute Gasteiger partial charge is 0.340 e. The molecule has 1 N–H and O–H groups in total. The van der Waals surface area contributed by atoms with E-state index in [2.05, 4.69) is 5.32 Å². The van der Waals surface area contributed by atoms with Crippen LogP contribution in [-0.4, -0.2) is 68.2 Å². The van der Waals surface area contributed by atoms with Gasteiger partial charge in [0.2, 0.25) is 15.9 Å². The number of hydrogen-bond acceptors (Lipinski definition) is 6. The van der Waals surface area contributed by atoms with Crippen molar-refractivity contribution in [2.45, 2.75) is 11.8 Å². The number of carbonyl (C=O) groups is 1. The molecule has 1 unspecified atom stereocenters. The number of benzene rings is 1. The number of amides is 1. The van der Waals surface area contributed by atoms with Crippen LogP contribution in [0.4, 0.5) is 5.69 Å². The van der Waals surface area contributed by atoms with Gasteiger partial charge in [-0.2, -0.15) is 4.31 Å². The first-order valence-electron chi connectivity index (χ1n) is 7.95. The van der Waals surface area contributed by atoms with Gasteiger partial charge < -0.3 is 10.2 Å². The summed E-state index contributed by atoms with van der Waals surface area (Å²) in [6.45, 7) is 3.34. The first-order chi connectivity index (χ1) is 11.8. The molecule has 1 aliphatic rings. The van der Waals surface area contributed by atoms with Gasteiger partial charge in [0.05, 0.1) is 9.82 Å². The minimum Gasteiger partial charge on any atom is -0.340 e. The summed E-state index contributed by atoms with van der Waals surface area (Å²) in [6.07, 6.45) is 0. The van der Waals surface area contributed by atoms with Crippen molar-refractivity contribution in [3.8, 4) is 0 Å². The average molecular weight is 370 g/mol. The molecule has 1 aromatic carbocycles. The fourth-order valence-corrected chi connectivity index (χ4v) is 4.22. The van der Waals surface area contributed by atoms with Crippen molar-refractivity contribution in [1.82, 2.24) is 14.5 Å². The molecule has 138 valence electrons. The standard InChI is InChI=1S/C15H22N4O5S/c1-12(11-16-2)15(20)17-6-8-18(9-7-17)25(23,24)14-5-3-4-13(10-14)19(21)22/h3-5,10,12,16H,6-9,11H2,1-2H3. The molecule has 1 amide bonds. The Balaban J connectivity index is 2.08. The molecule has 1 fully saturated rings. The summed E-state index contributed by atoms with van der Waals surface area (Å²) >= 11 is 0. The number of nitro benzene ring substituents is 1. The minimum atomic E-state index is -3.82. The van der Waals surface area contributed by atoms with Gasteiger partial charge in [-0.25, -0.2) is 8.42 Å². The van der Waals surface area contributed by atoms with Gasteiger partial charge in [0, 0.05) is 50.8 Å². The minimum absolute atomic E-state index is 0.0123. The Morgan fingerprint density at radius 2 is 1.96 bits per heavy atom. The third-order valence-corrected chi connectivity index (χ3v) is 6.04. The molecule has 1 aromatic rings. The molecule has 0 bridgehead atoms. The topological polar surface area (TPSA) is 113 Å².